The predicted molar refractivity (Wildman–Crippen MR) is 52.7 cm³/mol. The van der Waals surface area contributed by atoms with Crippen LogP contribution >= 0.6 is 0 Å². The molecule has 4 nitrogen and oxygen atoms in total. The number of nitrogens with two attached hydrogens (primary N) is 2. The third-order valence-electron chi connectivity index (χ3n) is 1.72. The summed E-state index contributed by atoms with van der Waals surface area (Å²) in [5.74, 6) is 0. The normalized spacial score (nSPS) is 11.0. The van der Waals surface area contributed by atoms with Crippen molar-refractivity contribution in [1.82, 2.24) is 0 Å². The van der Waals surface area contributed by atoms with Gasteiger partial charge in [-0.15, -0.1) is 0 Å². The van der Waals surface area contributed by atoms with Gasteiger partial charge in [0, 0.05) is 20.1 Å². The lowest BCUT2D eigenvalue weighted by atomic mass is 10.1. The monoisotopic (exact) mass is 178 g/mol. The summed E-state index contributed by atoms with van der Waals surface area (Å²) in [6, 6.07) is 5.80. The number of nitrogens with zero attached hydrogens (tertiary/aromatic N) is 2. The van der Waals surface area contributed by atoms with Crippen LogP contribution in [0.5, 0.6) is 0 Å². The average Bonchev–Trinajstić information content (AvgIpc) is 2.17. The number of hydrogen-bond donors (Lipinski definition) is 2. The molecule has 4 heteroatoms. The SMILES string of the molecule is CN=Nc1cc(CN)cc(CN)c1. The van der Waals surface area contributed by atoms with Crippen LogP contribution in [-0.4, -0.2) is 7.05 Å². The number of hydrogen-bond acceptors (Lipinski definition) is 4. The summed E-state index contributed by atoms with van der Waals surface area (Å²) in [7, 11) is 1.64. The summed E-state index contributed by atoms with van der Waals surface area (Å²) < 4.78 is 0. The van der Waals surface area contributed by atoms with E-state index in [0.29, 0.717) is 13.1 Å². The molecule has 0 saturated heterocycles. The van der Waals surface area contributed by atoms with Crippen LogP contribution < -0.4 is 11.5 Å². The number of azo groups is 1. The molecule has 0 bridgehead atoms. The van der Waals surface area contributed by atoms with Crippen molar-refractivity contribution in [3.8, 4) is 0 Å². The molecule has 1 rings (SSSR count). The molecule has 1 aromatic rings. The zero-order valence-electron chi connectivity index (χ0n) is 7.70. The maximum absolute atomic E-state index is 5.53. The lowest BCUT2D eigenvalue weighted by molar-refractivity contribution is 1.02. The maximum atomic E-state index is 5.53. The molecule has 0 amide bonds. The van der Waals surface area contributed by atoms with Crippen molar-refractivity contribution in [2.24, 2.45) is 21.7 Å². The van der Waals surface area contributed by atoms with Crippen LogP contribution in [0.25, 0.3) is 0 Å². The maximum Gasteiger partial charge on any atom is 0.0858 e. The fourth-order valence-corrected chi connectivity index (χ4v) is 1.15. The molecule has 0 radical (unpaired) electrons. The zero-order chi connectivity index (χ0) is 9.68. The van der Waals surface area contributed by atoms with Gasteiger partial charge in [-0.3, -0.25) is 0 Å². The minimum absolute atomic E-state index is 0.500. The Morgan fingerprint density at radius 1 is 1.08 bits per heavy atom. The van der Waals surface area contributed by atoms with Crippen molar-refractivity contribution in [1.29, 1.82) is 0 Å². The first-order valence-electron chi connectivity index (χ1n) is 4.13. The summed E-state index contributed by atoms with van der Waals surface area (Å²) in [4.78, 5) is 0. The van der Waals surface area contributed by atoms with E-state index in [-0.39, 0.29) is 0 Å². The Balaban J connectivity index is 3.07. The Labute approximate surface area is 77.7 Å². The Kier molecular flexibility index (Phi) is 3.54. The number of benzene rings is 1. The van der Waals surface area contributed by atoms with E-state index < -0.39 is 0 Å². The molecule has 4 N–H and O–H groups in total. The van der Waals surface area contributed by atoms with Gasteiger partial charge in [0.2, 0.25) is 0 Å². The molecule has 0 heterocycles. The fraction of sp³-hybridized carbons (Fsp3) is 0.333. The van der Waals surface area contributed by atoms with Gasteiger partial charge in [-0.05, 0) is 23.3 Å². The minimum Gasteiger partial charge on any atom is -0.326 e. The molecule has 0 atom stereocenters. The van der Waals surface area contributed by atoms with Crippen molar-refractivity contribution in [3.63, 3.8) is 0 Å². The van der Waals surface area contributed by atoms with E-state index in [2.05, 4.69) is 10.2 Å². The van der Waals surface area contributed by atoms with E-state index in [9.17, 15) is 0 Å². The van der Waals surface area contributed by atoms with Crippen LogP contribution in [0, 0.1) is 0 Å². The van der Waals surface area contributed by atoms with Crippen LogP contribution in [0.4, 0.5) is 5.69 Å². The van der Waals surface area contributed by atoms with Crippen LogP contribution in [-0.2, 0) is 13.1 Å². The summed E-state index contributed by atoms with van der Waals surface area (Å²) in [5, 5.41) is 7.64. The highest BCUT2D eigenvalue weighted by atomic mass is 15.1. The highest BCUT2D eigenvalue weighted by Crippen LogP contribution is 2.17. The topological polar surface area (TPSA) is 76.8 Å². The van der Waals surface area contributed by atoms with Crippen molar-refractivity contribution >= 4 is 5.69 Å². The van der Waals surface area contributed by atoms with Gasteiger partial charge in [0.1, 0.15) is 0 Å². The largest absolute Gasteiger partial charge is 0.326 e. The van der Waals surface area contributed by atoms with E-state index in [0.717, 1.165) is 16.8 Å². The first-order chi connectivity index (χ1) is 6.30. The fourth-order valence-electron chi connectivity index (χ4n) is 1.15. The highest BCUT2D eigenvalue weighted by Gasteiger charge is 1.97. The molecular weight excluding hydrogens is 164 g/mol. The Hall–Kier alpha value is -1.26. The predicted octanol–water partition coefficient (Wildman–Crippen LogP) is 1.32. The zero-order valence-corrected chi connectivity index (χ0v) is 7.70. The molecule has 0 aliphatic carbocycles. The van der Waals surface area contributed by atoms with Crippen molar-refractivity contribution in [3.05, 3.63) is 29.3 Å². The minimum atomic E-state index is 0.500. The highest BCUT2D eigenvalue weighted by molar-refractivity contribution is 5.43. The van der Waals surface area contributed by atoms with Crippen molar-refractivity contribution < 1.29 is 0 Å². The lowest BCUT2D eigenvalue weighted by Gasteiger charge is -2.02. The molecule has 0 saturated carbocycles. The van der Waals surface area contributed by atoms with Crippen LogP contribution in [0.3, 0.4) is 0 Å². The van der Waals surface area contributed by atoms with E-state index >= 15 is 0 Å². The first-order valence-corrected chi connectivity index (χ1v) is 4.13. The van der Waals surface area contributed by atoms with Gasteiger partial charge in [0.15, 0.2) is 0 Å². The van der Waals surface area contributed by atoms with E-state index in [1.807, 2.05) is 18.2 Å². The summed E-state index contributed by atoms with van der Waals surface area (Å²) in [6.45, 7) is 1.00. The van der Waals surface area contributed by atoms with Crippen LogP contribution in [0.1, 0.15) is 11.1 Å². The van der Waals surface area contributed by atoms with E-state index in [4.69, 9.17) is 11.5 Å². The van der Waals surface area contributed by atoms with Gasteiger partial charge in [-0.25, -0.2) is 0 Å². The Bertz CT molecular complexity index is 284. The first kappa shape index (κ1) is 9.83. The second-order valence-electron chi connectivity index (χ2n) is 2.72. The third kappa shape index (κ3) is 2.61. The van der Waals surface area contributed by atoms with Gasteiger partial charge in [-0.2, -0.15) is 10.2 Å². The van der Waals surface area contributed by atoms with E-state index in [1.54, 1.807) is 7.05 Å². The summed E-state index contributed by atoms with van der Waals surface area (Å²) >= 11 is 0. The van der Waals surface area contributed by atoms with Crippen molar-refractivity contribution in [2.75, 3.05) is 7.05 Å². The smallest absolute Gasteiger partial charge is 0.0858 e. The second-order valence-corrected chi connectivity index (χ2v) is 2.72. The van der Waals surface area contributed by atoms with Gasteiger partial charge in [0.05, 0.1) is 5.69 Å². The summed E-state index contributed by atoms with van der Waals surface area (Å²) in [6.07, 6.45) is 0. The van der Waals surface area contributed by atoms with Gasteiger partial charge < -0.3 is 11.5 Å². The average molecular weight is 178 g/mol. The van der Waals surface area contributed by atoms with Gasteiger partial charge in [-0.1, -0.05) is 6.07 Å². The molecule has 0 aromatic heterocycles. The summed E-state index contributed by atoms with van der Waals surface area (Å²) in [5.41, 5.74) is 13.9. The molecule has 1 aromatic carbocycles. The molecule has 0 fully saturated rings. The molecule has 70 valence electrons. The molecule has 0 aliphatic heterocycles. The van der Waals surface area contributed by atoms with Crippen molar-refractivity contribution in [2.45, 2.75) is 13.1 Å². The molecule has 0 aliphatic rings. The van der Waals surface area contributed by atoms with E-state index in [1.165, 1.54) is 0 Å². The molecule has 13 heavy (non-hydrogen) atoms. The third-order valence-corrected chi connectivity index (χ3v) is 1.72. The number of rotatable bonds is 3. The Morgan fingerprint density at radius 3 is 2.00 bits per heavy atom. The van der Waals surface area contributed by atoms with Crippen LogP contribution in [0.15, 0.2) is 28.4 Å². The quantitative estimate of drug-likeness (QED) is 0.685. The van der Waals surface area contributed by atoms with Gasteiger partial charge >= 0.3 is 0 Å². The molecular formula is C9H14N4. The lowest BCUT2D eigenvalue weighted by Crippen LogP contribution is -2.00. The standard InChI is InChI=1S/C9H14N4/c1-12-13-9-3-7(5-10)2-8(4-9)6-11/h2-4H,5-6,10-11H2,1H3. The molecule has 0 unspecified atom stereocenters. The van der Waals surface area contributed by atoms with Gasteiger partial charge in [0.25, 0.3) is 0 Å². The molecule has 0 spiro atoms. The Morgan fingerprint density at radius 2 is 1.62 bits per heavy atom. The second kappa shape index (κ2) is 4.69. The van der Waals surface area contributed by atoms with Crippen LogP contribution in [0.2, 0.25) is 0 Å².